The molecular formula is C16H18ClN3. The minimum absolute atomic E-state index is 0.0172. The number of halogens is 1. The molecule has 0 radical (unpaired) electrons. The van der Waals surface area contributed by atoms with Crippen LogP contribution in [0.2, 0.25) is 5.02 Å². The van der Waals surface area contributed by atoms with Crippen LogP contribution in [0.1, 0.15) is 18.1 Å². The van der Waals surface area contributed by atoms with E-state index in [4.69, 9.17) is 28.1 Å². The molecule has 0 aliphatic carbocycles. The Labute approximate surface area is 124 Å². The van der Waals surface area contributed by atoms with E-state index in [-0.39, 0.29) is 6.04 Å². The zero-order chi connectivity index (χ0) is 14.5. The standard InChI is InChI=1S/C16H18ClN3/c1-11(10-18)20-16(12-5-3-2-4-6-12)14-9-13(17)7-8-15(14)19/h2-9,11H,10,18-19H2,1H3. The summed E-state index contributed by atoms with van der Waals surface area (Å²) in [5, 5.41) is 0.637. The molecule has 104 valence electrons. The molecule has 0 aromatic heterocycles. The Morgan fingerprint density at radius 2 is 1.90 bits per heavy atom. The number of benzene rings is 2. The summed E-state index contributed by atoms with van der Waals surface area (Å²) < 4.78 is 0. The van der Waals surface area contributed by atoms with Gasteiger partial charge >= 0.3 is 0 Å². The first kappa shape index (κ1) is 14.6. The molecule has 0 fully saturated rings. The van der Waals surface area contributed by atoms with Crippen molar-refractivity contribution in [3.8, 4) is 0 Å². The molecule has 0 heterocycles. The molecule has 0 saturated carbocycles. The zero-order valence-electron chi connectivity index (χ0n) is 11.4. The lowest BCUT2D eigenvalue weighted by atomic mass is 10.0. The number of nitrogen functional groups attached to an aromatic ring is 1. The van der Waals surface area contributed by atoms with E-state index in [1.165, 1.54) is 0 Å². The second kappa shape index (κ2) is 6.55. The lowest BCUT2D eigenvalue weighted by molar-refractivity contribution is 0.755. The number of nitrogens with zero attached hydrogens (tertiary/aromatic N) is 1. The van der Waals surface area contributed by atoms with Crippen molar-refractivity contribution in [1.82, 2.24) is 0 Å². The van der Waals surface area contributed by atoms with Gasteiger partial charge in [-0.25, -0.2) is 0 Å². The average molecular weight is 288 g/mol. The van der Waals surface area contributed by atoms with Gasteiger partial charge in [-0.2, -0.15) is 0 Å². The maximum atomic E-state index is 6.08. The number of aliphatic imine (C=N–C) groups is 1. The molecule has 0 amide bonds. The molecule has 2 rings (SSSR count). The third kappa shape index (κ3) is 3.38. The Morgan fingerprint density at radius 3 is 2.55 bits per heavy atom. The molecule has 1 unspecified atom stereocenters. The van der Waals surface area contributed by atoms with Gasteiger partial charge in [-0.3, -0.25) is 4.99 Å². The fourth-order valence-corrected chi connectivity index (χ4v) is 2.07. The predicted molar refractivity (Wildman–Crippen MR) is 86.5 cm³/mol. The van der Waals surface area contributed by atoms with Crippen molar-refractivity contribution in [1.29, 1.82) is 0 Å². The van der Waals surface area contributed by atoms with Crippen molar-refractivity contribution in [3.05, 3.63) is 64.7 Å². The van der Waals surface area contributed by atoms with E-state index < -0.39 is 0 Å². The van der Waals surface area contributed by atoms with Crippen LogP contribution in [-0.4, -0.2) is 18.3 Å². The zero-order valence-corrected chi connectivity index (χ0v) is 12.1. The van der Waals surface area contributed by atoms with Gasteiger partial charge in [0, 0.05) is 28.4 Å². The molecule has 2 aromatic carbocycles. The van der Waals surface area contributed by atoms with Crippen molar-refractivity contribution in [2.24, 2.45) is 10.7 Å². The molecule has 2 aromatic rings. The van der Waals surface area contributed by atoms with E-state index in [0.717, 1.165) is 16.8 Å². The van der Waals surface area contributed by atoms with Crippen LogP contribution >= 0.6 is 11.6 Å². The fraction of sp³-hybridized carbons (Fsp3) is 0.188. The normalized spacial score (nSPS) is 13.2. The van der Waals surface area contributed by atoms with Gasteiger partial charge in [0.1, 0.15) is 0 Å². The molecule has 0 aliphatic rings. The van der Waals surface area contributed by atoms with Crippen LogP contribution in [0.15, 0.2) is 53.5 Å². The summed E-state index contributed by atoms with van der Waals surface area (Å²) in [7, 11) is 0. The van der Waals surface area contributed by atoms with E-state index in [9.17, 15) is 0 Å². The van der Waals surface area contributed by atoms with Crippen LogP contribution in [-0.2, 0) is 0 Å². The van der Waals surface area contributed by atoms with Crippen LogP contribution in [0.4, 0.5) is 5.69 Å². The second-order valence-corrected chi connectivity index (χ2v) is 5.10. The van der Waals surface area contributed by atoms with Gasteiger partial charge < -0.3 is 11.5 Å². The largest absolute Gasteiger partial charge is 0.398 e. The first-order chi connectivity index (χ1) is 9.61. The number of rotatable bonds is 4. The Morgan fingerprint density at radius 1 is 1.20 bits per heavy atom. The first-order valence-corrected chi connectivity index (χ1v) is 6.88. The van der Waals surface area contributed by atoms with Crippen LogP contribution in [0.25, 0.3) is 0 Å². The van der Waals surface area contributed by atoms with E-state index in [0.29, 0.717) is 17.3 Å². The molecule has 4 heteroatoms. The Bertz CT molecular complexity index is 608. The maximum absolute atomic E-state index is 6.08. The van der Waals surface area contributed by atoms with E-state index in [1.807, 2.05) is 43.3 Å². The molecule has 4 N–H and O–H groups in total. The summed E-state index contributed by atoms with van der Waals surface area (Å²) in [5.41, 5.74) is 15.1. The lowest BCUT2D eigenvalue weighted by Crippen LogP contribution is -2.18. The first-order valence-electron chi connectivity index (χ1n) is 6.50. The minimum atomic E-state index is 0.0172. The summed E-state index contributed by atoms with van der Waals surface area (Å²) >= 11 is 6.08. The highest BCUT2D eigenvalue weighted by molar-refractivity contribution is 6.31. The average Bonchev–Trinajstić information content (AvgIpc) is 2.48. The van der Waals surface area contributed by atoms with Gasteiger partial charge in [0.25, 0.3) is 0 Å². The smallest absolute Gasteiger partial charge is 0.0744 e. The number of anilines is 1. The minimum Gasteiger partial charge on any atom is -0.398 e. The van der Waals surface area contributed by atoms with E-state index in [1.54, 1.807) is 12.1 Å². The second-order valence-electron chi connectivity index (χ2n) is 4.66. The van der Waals surface area contributed by atoms with Crippen molar-refractivity contribution in [3.63, 3.8) is 0 Å². The topological polar surface area (TPSA) is 64.4 Å². The number of nitrogens with two attached hydrogens (primary N) is 2. The lowest BCUT2D eigenvalue weighted by Gasteiger charge is -2.13. The number of hydrogen-bond acceptors (Lipinski definition) is 3. The highest BCUT2D eigenvalue weighted by Crippen LogP contribution is 2.22. The van der Waals surface area contributed by atoms with Crippen molar-refractivity contribution < 1.29 is 0 Å². The van der Waals surface area contributed by atoms with Crippen LogP contribution in [0, 0.1) is 0 Å². The molecule has 3 nitrogen and oxygen atoms in total. The summed E-state index contributed by atoms with van der Waals surface area (Å²) in [4.78, 5) is 4.69. The molecule has 1 atom stereocenters. The molecule has 0 aliphatic heterocycles. The van der Waals surface area contributed by atoms with Crippen LogP contribution in [0.5, 0.6) is 0 Å². The van der Waals surface area contributed by atoms with Crippen LogP contribution < -0.4 is 11.5 Å². The summed E-state index contributed by atoms with van der Waals surface area (Å²) in [6.45, 7) is 2.46. The third-order valence-electron chi connectivity index (χ3n) is 3.01. The molecule has 0 saturated heterocycles. The fourth-order valence-electron chi connectivity index (χ4n) is 1.90. The maximum Gasteiger partial charge on any atom is 0.0744 e. The van der Waals surface area contributed by atoms with Gasteiger partial charge in [-0.1, -0.05) is 41.9 Å². The highest BCUT2D eigenvalue weighted by Gasteiger charge is 2.12. The monoisotopic (exact) mass is 287 g/mol. The summed E-state index contributed by atoms with van der Waals surface area (Å²) in [6.07, 6.45) is 0. The Balaban J connectivity index is 2.58. The van der Waals surface area contributed by atoms with Gasteiger partial charge in [0.2, 0.25) is 0 Å². The molecule has 0 bridgehead atoms. The van der Waals surface area contributed by atoms with Crippen LogP contribution in [0.3, 0.4) is 0 Å². The third-order valence-corrected chi connectivity index (χ3v) is 3.24. The van der Waals surface area contributed by atoms with Gasteiger partial charge in [-0.15, -0.1) is 0 Å². The molecule has 20 heavy (non-hydrogen) atoms. The van der Waals surface area contributed by atoms with E-state index >= 15 is 0 Å². The summed E-state index contributed by atoms with van der Waals surface area (Å²) in [6, 6.07) is 15.3. The molecular weight excluding hydrogens is 270 g/mol. The summed E-state index contributed by atoms with van der Waals surface area (Å²) in [5.74, 6) is 0. The quantitative estimate of drug-likeness (QED) is 0.670. The molecule has 0 spiro atoms. The van der Waals surface area contributed by atoms with E-state index in [2.05, 4.69) is 0 Å². The predicted octanol–water partition coefficient (Wildman–Crippen LogP) is 3.11. The van der Waals surface area contributed by atoms with Crippen molar-refractivity contribution >= 4 is 23.0 Å². The Kier molecular flexibility index (Phi) is 4.77. The van der Waals surface area contributed by atoms with Crippen molar-refractivity contribution in [2.45, 2.75) is 13.0 Å². The van der Waals surface area contributed by atoms with Gasteiger partial charge in [-0.05, 0) is 25.1 Å². The number of hydrogen-bond donors (Lipinski definition) is 2. The van der Waals surface area contributed by atoms with Gasteiger partial charge in [0.05, 0.1) is 11.8 Å². The van der Waals surface area contributed by atoms with Crippen molar-refractivity contribution in [2.75, 3.05) is 12.3 Å². The highest BCUT2D eigenvalue weighted by atomic mass is 35.5. The Hall–Kier alpha value is -1.84. The van der Waals surface area contributed by atoms with Gasteiger partial charge in [0.15, 0.2) is 0 Å². The SMILES string of the molecule is CC(CN)N=C(c1ccccc1)c1cc(Cl)ccc1N.